The number of fused-ring (bicyclic) bond motifs is 3. The van der Waals surface area contributed by atoms with E-state index in [1.807, 2.05) is 53.4 Å². The molecule has 0 aliphatic carbocycles. The molecular formula is C28H27N3O5. The summed E-state index contributed by atoms with van der Waals surface area (Å²) in [6.07, 6.45) is 1.97. The summed E-state index contributed by atoms with van der Waals surface area (Å²) in [5, 5.41) is 5.59. The Morgan fingerprint density at radius 1 is 0.806 bits per heavy atom. The quantitative estimate of drug-likeness (QED) is 0.504. The van der Waals surface area contributed by atoms with Crippen LogP contribution >= 0.6 is 0 Å². The van der Waals surface area contributed by atoms with Crippen molar-refractivity contribution >= 4 is 29.1 Å². The van der Waals surface area contributed by atoms with Gasteiger partial charge in [0.2, 0.25) is 5.91 Å². The van der Waals surface area contributed by atoms with Gasteiger partial charge in [-0.2, -0.15) is 0 Å². The number of carbonyl (C=O) groups excluding carboxylic acids is 3. The van der Waals surface area contributed by atoms with Crippen molar-refractivity contribution < 1.29 is 23.9 Å². The molecule has 2 heterocycles. The van der Waals surface area contributed by atoms with E-state index in [2.05, 4.69) is 10.6 Å². The summed E-state index contributed by atoms with van der Waals surface area (Å²) in [4.78, 5) is 39.1. The summed E-state index contributed by atoms with van der Waals surface area (Å²) in [7, 11) is 0. The Hall–Kier alpha value is -4.33. The number of ether oxygens (including phenoxy) is 2. The summed E-state index contributed by atoms with van der Waals surface area (Å²) >= 11 is 0. The van der Waals surface area contributed by atoms with E-state index in [9.17, 15) is 14.4 Å². The van der Waals surface area contributed by atoms with Crippen LogP contribution < -0.4 is 20.1 Å². The summed E-state index contributed by atoms with van der Waals surface area (Å²) in [5.41, 5.74) is 3.42. The molecule has 1 fully saturated rings. The summed E-state index contributed by atoms with van der Waals surface area (Å²) in [6.45, 7) is 0.214. The first-order chi connectivity index (χ1) is 17.6. The van der Waals surface area contributed by atoms with Crippen molar-refractivity contribution in [2.45, 2.75) is 25.3 Å². The number of amides is 3. The van der Waals surface area contributed by atoms with E-state index in [4.69, 9.17) is 9.47 Å². The fraction of sp³-hybridized carbons (Fsp3) is 0.250. The van der Waals surface area contributed by atoms with Gasteiger partial charge < -0.3 is 25.0 Å². The van der Waals surface area contributed by atoms with Gasteiger partial charge in [0.1, 0.15) is 0 Å². The second-order valence-electron chi connectivity index (χ2n) is 8.80. The van der Waals surface area contributed by atoms with Crippen molar-refractivity contribution in [1.82, 2.24) is 4.90 Å². The molecule has 0 aromatic heterocycles. The molecule has 3 aromatic carbocycles. The summed E-state index contributed by atoms with van der Waals surface area (Å²) < 4.78 is 11.8. The second kappa shape index (κ2) is 10.5. The molecule has 8 nitrogen and oxygen atoms in total. The van der Waals surface area contributed by atoms with E-state index in [0.717, 1.165) is 17.5 Å². The van der Waals surface area contributed by atoms with E-state index in [-0.39, 0.29) is 37.0 Å². The third kappa shape index (κ3) is 5.33. The average Bonchev–Trinajstić information content (AvgIpc) is 3.28. The van der Waals surface area contributed by atoms with Crippen LogP contribution in [0.15, 0.2) is 72.8 Å². The summed E-state index contributed by atoms with van der Waals surface area (Å²) in [6, 6.07) is 22.0. The zero-order chi connectivity index (χ0) is 24.9. The van der Waals surface area contributed by atoms with Gasteiger partial charge >= 0.3 is 0 Å². The fourth-order valence-electron chi connectivity index (χ4n) is 4.67. The van der Waals surface area contributed by atoms with E-state index < -0.39 is 0 Å². The molecule has 184 valence electrons. The lowest BCUT2D eigenvalue weighted by Gasteiger charge is -2.32. The van der Waals surface area contributed by atoms with Crippen molar-refractivity contribution in [3.05, 3.63) is 83.9 Å². The van der Waals surface area contributed by atoms with Gasteiger partial charge in [-0.15, -0.1) is 0 Å². The van der Waals surface area contributed by atoms with Gasteiger partial charge in [-0.25, -0.2) is 0 Å². The van der Waals surface area contributed by atoms with E-state index in [0.29, 0.717) is 42.3 Å². The van der Waals surface area contributed by atoms with E-state index >= 15 is 0 Å². The molecule has 0 radical (unpaired) electrons. The topological polar surface area (TPSA) is 97.0 Å². The SMILES string of the molecule is O=C(COc1cc2c(cc1OCC(=O)Nc1ccccc1)C1CCC(=O)N1CC2)Nc1ccccc1. The third-order valence-electron chi connectivity index (χ3n) is 6.35. The van der Waals surface area contributed by atoms with Crippen molar-refractivity contribution in [2.24, 2.45) is 0 Å². The monoisotopic (exact) mass is 485 g/mol. The Labute approximate surface area is 209 Å². The molecule has 5 rings (SSSR count). The number of rotatable bonds is 8. The predicted octanol–water partition coefficient (Wildman–Crippen LogP) is 3.94. The van der Waals surface area contributed by atoms with Crippen LogP contribution in [-0.4, -0.2) is 42.4 Å². The number of anilines is 2. The lowest BCUT2D eigenvalue weighted by molar-refractivity contribution is -0.129. The molecule has 2 aliphatic rings. The Morgan fingerprint density at radius 2 is 1.36 bits per heavy atom. The highest BCUT2D eigenvalue weighted by atomic mass is 16.5. The van der Waals surface area contributed by atoms with Crippen molar-refractivity contribution in [3.63, 3.8) is 0 Å². The molecule has 0 bridgehead atoms. The van der Waals surface area contributed by atoms with E-state index in [1.165, 1.54) is 0 Å². The largest absolute Gasteiger partial charge is 0.480 e. The molecule has 8 heteroatoms. The highest BCUT2D eigenvalue weighted by Gasteiger charge is 2.36. The Kier molecular flexibility index (Phi) is 6.84. The van der Waals surface area contributed by atoms with Gasteiger partial charge in [-0.3, -0.25) is 14.4 Å². The first kappa shape index (κ1) is 23.4. The smallest absolute Gasteiger partial charge is 0.262 e. The van der Waals surface area contributed by atoms with Crippen molar-refractivity contribution in [1.29, 1.82) is 0 Å². The van der Waals surface area contributed by atoms with Crippen LogP contribution in [0.1, 0.15) is 30.0 Å². The highest BCUT2D eigenvalue weighted by molar-refractivity contribution is 5.92. The first-order valence-corrected chi connectivity index (χ1v) is 12.0. The minimum Gasteiger partial charge on any atom is -0.480 e. The van der Waals surface area contributed by atoms with Crippen LogP contribution in [0.5, 0.6) is 11.5 Å². The molecule has 1 atom stereocenters. The predicted molar refractivity (Wildman–Crippen MR) is 135 cm³/mol. The molecule has 2 N–H and O–H groups in total. The van der Waals surface area contributed by atoms with Crippen LogP contribution in [0.2, 0.25) is 0 Å². The van der Waals surface area contributed by atoms with Gasteiger partial charge in [0.25, 0.3) is 11.8 Å². The maximum atomic E-state index is 12.5. The molecule has 36 heavy (non-hydrogen) atoms. The van der Waals surface area contributed by atoms with Crippen LogP contribution in [-0.2, 0) is 20.8 Å². The zero-order valence-corrected chi connectivity index (χ0v) is 19.7. The molecule has 1 saturated heterocycles. The molecule has 1 unspecified atom stereocenters. The lowest BCUT2D eigenvalue weighted by atomic mass is 9.92. The number of hydrogen-bond donors (Lipinski definition) is 2. The Bertz CT molecular complexity index is 1260. The molecule has 0 spiro atoms. The molecular weight excluding hydrogens is 458 g/mol. The molecule has 3 aromatic rings. The fourth-order valence-corrected chi connectivity index (χ4v) is 4.67. The number of nitrogens with one attached hydrogen (secondary N) is 2. The number of para-hydroxylation sites is 2. The van der Waals surface area contributed by atoms with Gasteiger partial charge in [-0.1, -0.05) is 36.4 Å². The van der Waals surface area contributed by atoms with Gasteiger partial charge in [-0.05, 0) is 60.4 Å². The maximum absolute atomic E-state index is 12.5. The normalized spacial score (nSPS) is 16.1. The zero-order valence-electron chi connectivity index (χ0n) is 19.7. The van der Waals surface area contributed by atoms with Gasteiger partial charge in [0, 0.05) is 24.3 Å². The molecule has 2 aliphatic heterocycles. The number of hydrogen-bond acceptors (Lipinski definition) is 5. The number of nitrogens with zero attached hydrogens (tertiary/aromatic N) is 1. The van der Waals surface area contributed by atoms with Crippen LogP contribution in [0.25, 0.3) is 0 Å². The molecule has 0 saturated carbocycles. The maximum Gasteiger partial charge on any atom is 0.262 e. The third-order valence-corrected chi connectivity index (χ3v) is 6.35. The standard InChI is InChI=1S/C28H27N3O5/c32-26(29-20-7-3-1-4-8-20)17-35-24-15-19-13-14-31-23(11-12-28(31)34)22(19)16-25(24)36-18-27(33)30-21-9-5-2-6-10-21/h1-10,15-16,23H,11-14,17-18H2,(H,29,32)(H,30,33). The Morgan fingerprint density at radius 3 is 1.94 bits per heavy atom. The lowest BCUT2D eigenvalue weighted by Crippen LogP contribution is -2.34. The number of carbonyl (C=O) groups is 3. The van der Waals surface area contributed by atoms with Gasteiger partial charge in [0.15, 0.2) is 24.7 Å². The second-order valence-corrected chi connectivity index (χ2v) is 8.80. The molecule has 3 amide bonds. The van der Waals surface area contributed by atoms with Crippen molar-refractivity contribution in [2.75, 3.05) is 30.4 Å². The van der Waals surface area contributed by atoms with Crippen LogP contribution in [0, 0.1) is 0 Å². The summed E-state index contributed by atoms with van der Waals surface area (Å²) in [5.74, 6) is 0.296. The average molecular weight is 486 g/mol. The van der Waals surface area contributed by atoms with Gasteiger partial charge in [0.05, 0.1) is 6.04 Å². The van der Waals surface area contributed by atoms with Crippen molar-refractivity contribution in [3.8, 4) is 11.5 Å². The van der Waals surface area contributed by atoms with Crippen LogP contribution in [0.3, 0.4) is 0 Å². The minimum atomic E-state index is -0.315. The minimum absolute atomic E-state index is 0.00262. The van der Waals surface area contributed by atoms with Crippen LogP contribution in [0.4, 0.5) is 11.4 Å². The number of benzene rings is 3. The Balaban J connectivity index is 1.32. The van der Waals surface area contributed by atoms with E-state index in [1.54, 1.807) is 24.3 Å². The first-order valence-electron chi connectivity index (χ1n) is 12.0. The highest BCUT2D eigenvalue weighted by Crippen LogP contribution is 2.43.